The molecule has 15 heavy (non-hydrogen) atoms. The Balaban J connectivity index is 2.98. The molecule has 0 saturated carbocycles. The van der Waals surface area contributed by atoms with Crippen LogP contribution in [0.4, 0.5) is 10.1 Å². The highest BCUT2D eigenvalue weighted by atomic mass is 35.5. The standard InChI is InChI=1S/C9H9ClFNO3/c10-6-7-1-2-9(15-4-3-11)8(5-7)12(13)14/h1-2,5H,3-4,6H2. The van der Waals surface area contributed by atoms with Crippen LogP contribution in [0.25, 0.3) is 0 Å². The van der Waals surface area contributed by atoms with Crippen LogP contribution in [0.1, 0.15) is 5.56 Å². The number of nitro benzene ring substituents is 1. The first-order chi connectivity index (χ1) is 7.19. The molecule has 0 radical (unpaired) electrons. The predicted octanol–water partition coefficient (Wildman–Crippen LogP) is 2.68. The van der Waals surface area contributed by atoms with Gasteiger partial charge in [0.2, 0.25) is 0 Å². The summed E-state index contributed by atoms with van der Waals surface area (Å²) in [6.07, 6.45) is 0. The number of hydrogen-bond acceptors (Lipinski definition) is 3. The third kappa shape index (κ3) is 3.06. The van der Waals surface area contributed by atoms with Crippen molar-refractivity contribution < 1.29 is 14.1 Å². The first-order valence-electron chi connectivity index (χ1n) is 4.21. The molecule has 0 aromatic heterocycles. The lowest BCUT2D eigenvalue weighted by Crippen LogP contribution is -2.02. The van der Waals surface area contributed by atoms with E-state index in [1.165, 1.54) is 12.1 Å². The van der Waals surface area contributed by atoms with Gasteiger partial charge in [-0.25, -0.2) is 4.39 Å². The van der Waals surface area contributed by atoms with E-state index in [0.717, 1.165) is 0 Å². The highest BCUT2D eigenvalue weighted by molar-refractivity contribution is 6.17. The largest absolute Gasteiger partial charge is 0.484 e. The Bertz CT molecular complexity index is 359. The number of hydrogen-bond donors (Lipinski definition) is 0. The summed E-state index contributed by atoms with van der Waals surface area (Å²) in [5.74, 6) is 0.246. The van der Waals surface area contributed by atoms with E-state index in [1.54, 1.807) is 6.07 Å². The molecule has 0 amide bonds. The highest BCUT2D eigenvalue weighted by Crippen LogP contribution is 2.28. The molecule has 6 heteroatoms. The van der Waals surface area contributed by atoms with Crippen LogP contribution >= 0.6 is 11.6 Å². The molecule has 4 nitrogen and oxygen atoms in total. The molecule has 0 atom stereocenters. The normalized spacial score (nSPS) is 10.0. The molecule has 1 rings (SSSR count). The Hall–Kier alpha value is -1.36. The Kier molecular flexibility index (Phi) is 4.30. The zero-order chi connectivity index (χ0) is 11.3. The maximum atomic E-state index is 11.8. The van der Waals surface area contributed by atoms with E-state index < -0.39 is 11.6 Å². The van der Waals surface area contributed by atoms with E-state index in [4.69, 9.17) is 16.3 Å². The number of nitrogens with zero attached hydrogens (tertiary/aromatic N) is 1. The molecule has 82 valence electrons. The molecule has 0 heterocycles. The Morgan fingerprint density at radius 3 is 2.80 bits per heavy atom. The number of rotatable bonds is 5. The molecule has 1 aromatic carbocycles. The Morgan fingerprint density at radius 2 is 2.27 bits per heavy atom. The maximum absolute atomic E-state index is 11.8. The number of halogens is 2. The van der Waals surface area contributed by atoms with E-state index in [2.05, 4.69) is 0 Å². The van der Waals surface area contributed by atoms with Crippen LogP contribution in [0, 0.1) is 10.1 Å². The van der Waals surface area contributed by atoms with Crippen molar-refractivity contribution in [1.29, 1.82) is 0 Å². The van der Waals surface area contributed by atoms with Gasteiger partial charge in [-0.2, -0.15) is 0 Å². The summed E-state index contributed by atoms with van der Waals surface area (Å²) in [5, 5.41) is 10.6. The van der Waals surface area contributed by atoms with Crippen LogP contribution in [0.5, 0.6) is 5.75 Å². The van der Waals surface area contributed by atoms with Crippen LogP contribution in [0.3, 0.4) is 0 Å². The van der Waals surface area contributed by atoms with Crippen LogP contribution in [0.15, 0.2) is 18.2 Å². The molecule has 0 spiro atoms. The SMILES string of the molecule is O=[N+]([O-])c1cc(CCl)ccc1OCCF. The third-order valence-electron chi connectivity index (χ3n) is 1.71. The number of alkyl halides is 2. The number of benzene rings is 1. The smallest absolute Gasteiger partial charge is 0.311 e. The van der Waals surface area contributed by atoms with E-state index in [0.29, 0.717) is 5.56 Å². The van der Waals surface area contributed by atoms with Gasteiger partial charge in [-0.05, 0) is 11.6 Å². The van der Waals surface area contributed by atoms with Crippen LogP contribution in [-0.2, 0) is 5.88 Å². The van der Waals surface area contributed by atoms with Gasteiger partial charge >= 0.3 is 5.69 Å². The van der Waals surface area contributed by atoms with Crippen molar-refractivity contribution in [2.75, 3.05) is 13.3 Å². The molecule has 0 aliphatic heterocycles. The number of nitro groups is 1. The second-order valence-corrected chi connectivity index (χ2v) is 3.00. The van der Waals surface area contributed by atoms with E-state index in [1.807, 2.05) is 0 Å². The minimum Gasteiger partial charge on any atom is -0.484 e. The molecule has 0 aliphatic rings. The lowest BCUT2D eigenvalue weighted by atomic mass is 10.2. The topological polar surface area (TPSA) is 52.4 Å². The van der Waals surface area contributed by atoms with Gasteiger partial charge in [0, 0.05) is 11.9 Å². The first kappa shape index (κ1) is 11.7. The van der Waals surface area contributed by atoms with Crippen LogP contribution in [-0.4, -0.2) is 18.2 Å². The summed E-state index contributed by atoms with van der Waals surface area (Å²) in [5.41, 5.74) is 0.428. The quantitative estimate of drug-likeness (QED) is 0.446. The van der Waals surface area contributed by atoms with Crippen molar-refractivity contribution in [3.05, 3.63) is 33.9 Å². The Morgan fingerprint density at radius 1 is 1.53 bits per heavy atom. The van der Waals surface area contributed by atoms with E-state index in [9.17, 15) is 14.5 Å². The average Bonchev–Trinajstić information content (AvgIpc) is 2.26. The van der Waals surface area contributed by atoms with Crippen molar-refractivity contribution in [2.45, 2.75) is 5.88 Å². The first-order valence-corrected chi connectivity index (χ1v) is 4.74. The summed E-state index contributed by atoms with van der Waals surface area (Å²) in [6, 6.07) is 4.35. The zero-order valence-corrected chi connectivity index (χ0v) is 8.54. The second kappa shape index (κ2) is 5.50. The number of ether oxygens (including phenoxy) is 1. The lowest BCUT2D eigenvalue weighted by molar-refractivity contribution is -0.385. The van der Waals surface area contributed by atoms with Crippen molar-refractivity contribution in [2.24, 2.45) is 0 Å². The monoisotopic (exact) mass is 233 g/mol. The molecule has 0 saturated heterocycles. The van der Waals surface area contributed by atoms with Gasteiger partial charge in [0.05, 0.1) is 4.92 Å². The third-order valence-corrected chi connectivity index (χ3v) is 2.02. The van der Waals surface area contributed by atoms with Gasteiger partial charge in [0.15, 0.2) is 5.75 Å². The molecule has 0 unspecified atom stereocenters. The molecule has 0 N–H and O–H groups in total. The fraction of sp³-hybridized carbons (Fsp3) is 0.333. The van der Waals surface area contributed by atoms with E-state index >= 15 is 0 Å². The summed E-state index contributed by atoms with van der Waals surface area (Å²) < 4.78 is 16.7. The van der Waals surface area contributed by atoms with Crippen molar-refractivity contribution in [3.8, 4) is 5.75 Å². The van der Waals surface area contributed by atoms with Crippen molar-refractivity contribution in [1.82, 2.24) is 0 Å². The summed E-state index contributed by atoms with van der Waals surface area (Å²) in [6.45, 7) is -0.879. The average molecular weight is 234 g/mol. The van der Waals surface area contributed by atoms with E-state index in [-0.39, 0.29) is 23.9 Å². The van der Waals surface area contributed by atoms with Gasteiger partial charge in [-0.3, -0.25) is 10.1 Å². The fourth-order valence-corrected chi connectivity index (χ4v) is 1.23. The highest BCUT2D eigenvalue weighted by Gasteiger charge is 2.15. The second-order valence-electron chi connectivity index (χ2n) is 2.73. The Labute approximate surface area is 90.8 Å². The van der Waals surface area contributed by atoms with Crippen LogP contribution < -0.4 is 4.74 Å². The zero-order valence-electron chi connectivity index (χ0n) is 7.78. The molecule has 0 aliphatic carbocycles. The summed E-state index contributed by atoms with van der Waals surface area (Å²) in [4.78, 5) is 10.1. The van der Waals surface area contributed by atoms with Gasteiger partial charge in [-0.1, -0.05) is 6.07 Å². The van der Waals surface area contributed by atoms with Gasteiger partial charge in [0.25, 0.3) is 0 Å². The maximum Gasteiger partial charge on any atom is 0.311 e. The summed E-state index contributed by atoms with van der Waals surface area (Å²) >= 11 is 5.54. The van der Waals surface area contributed by atoms with Gasteiger partial charge in [-0.15, -0.1) is 11.6 Å². The lowest BCUT2D eigenvalue weighted by Gasteiger charge is -2.05. The minimum atomic E-state index is -0.686. The molecular weight excluding hydrogens is 225 g/mol. The van der Waals surface area contributed by atoms with Gasteiger partial charge < -0.3 is 4.74 Å². The van der Waals surface area contributed by atoms with Crippen LogP contribution in [0.2, 0.25) is 0 Å². The predicted molar refractivity (Wildman–Crippen MR) is 54.1 cm³/mol. The van der Waals surface area contributed by atoms with Crippen molar-refractivity contribution in [3.63, 3.8) is 0 Å². The van der Waals surface area contributed by atoms with Crippen molar-refractivity contribution >= 4 is 17.3 Å². The molecule has 0 bridgehead atoms. The molecular formula is C9H9ClFNO3. The molecule has 0 fully saturated rings. The molecule has 1 aromatic rings. The fourth-order valence-electron chi connectivity index (χ4n) is 1.06. The summed E-state index contributed by atoms with van der Waals surface area (Å²) in [7, 11) is 0. The minimum absolute atomic E-state index is 0.0616. The van der Waals surface area contributed by atoms with Gasteiger partial charge in [0.1, 0.15) is 13.3 Å².